The number of sulfone groups is 1. The van der Waals surface area contributed by atoms with Crippen LogP contribution in [0.1, 0.15) is 33.3 Å². The number of aromatic nitrogens is 2. The van der Waals surface area contributed by atoms with Gasteiger partial charge in [-0.15, -0.1) is 0 Å². The second-order valence-corrected chi connectivity index (χ2v) is 13.1. The molecule has 0 aliphatic carbocycles. The molecule has 10 nitrogen and oxygen atoms in total. The topological polar surface area (TPSA) is 117 Å². The first kappa shape index (κ1) is 29.6. The van der Waals surface area contributed by atoms with Gasteiger partial charge in [-0.25, -0.2) is 18.2 Å². The third kappa shape index (κ3) is 7.83. The molecule has 214 valence electrons. The van der Waals surface area contributed by atoms with E-state index < -0.39 is 15.4 Å². The van der Waals surface area contributed by atoms with Crippen molar-refractivity contribution in [3.05, 3.63) is 65.3 Å². The normalized spacial score (nSPS) is 14.6. The van der Waals surface area contributed by atoms with Crippen molar-refractivity contribution in [2.24, 2.45) is 0 Å². The van der Waals surface area contributed by atoms with Crippen LogP contribution in [0.5, 0.6) is 0 Å². The van der Waals surface area contributed by atoms with E-state index >= 15 is 0 Å². The number of rotatable bonds is 8. The van der Waals surface area contributed by atoms with Gasteiger partial charge in [-0.1, -0.05) is 42.8 Å². The average molecular weight is 587 g/mol. The molecular weight excluding hydrogens is 552 g/mol. The number of hydrogen-bond donors (Lipinski definition) is 2. The Balaban J connectivity index is 1.36. The Bertz CT molecular complexity index is 1440. The molecule has 1 aromatic heterocycles. The van der Waals surface area contributed by atoms with E-state index in [-0.39, 0.29) is 21.8 Å². The number of hydrogen-bond acceptors (Lipinski definition) is 9. The lowest BCUT2D eigenvalue weighted by atomic mass is 10.2. The summed E-state index contributed by atoms with van der Waals surface area (Å²) in [6.45, 7) is 10.8. The zero-order chi connectivity index (χ0) is 28.9. The van der Waals surface area contributed by atoms with Gasteiger partial charge in [-0.3, -0.25) is 4.90 Å². The second kappa shape index (κ2) is 12.4. The molecule has 0 bridgehead atoms. The Labute approximate surface area is 240 Å². The summed E-state index contributed by atoms with van der Waals surface area (Å²) in [5.41, 5.74) is 1.83. The molecule has 40 heavy (non-hydrogen) atoms. The molecule has 2 aromatic carbocycles. The largest absolute Gasteiger partial charge is 0.444 e. The van der Waals surface area contributed by atoms with Crippen LogP contribution in [-0.4, -0.2) is 71.8 Å². The number of nitrogens with zero attached hydrogens (tertiary/aromatic N) is 4. The van der Waals surface area contributed by atoms with Crippen molar-refractivity contribution in [3.63, 3.8) is 0 Å². The predicted octanol–water partition coefficient (Wildman–Crippen LogP) is 5.46. The van der Waals surface area contributed by atoms with Crippen molar-refractivity contribution in [3.8, 4) is 0 Å². The molecule has 0 unspecified atom stereocenters. The molecule has 0 radical (unpaired) electrons. The SMILES string of the molecule is CCS(=O)(=O)c1ccccc1Nc1nc(Nc2ccc(CN3CCN(C(=O)OC(C)(C)C)CC3)cc2)ncc1Cl. The van der Waals surface area contributed by atoms with Crippen LogP contribution in [0.3, 0.4) is 0 Å². The van der Waals surface area contributed by atoms with E-state index in [1.54, 1.807) is 36.1 Å². The highest BCUT2D eigenvalue weighted by Crippen LogP contribution is 2.29. The first-order valence-electron chi connectivity index (χ1n) is 13.1. The number of benzene rings is 2. The minimum absolute atomic E-state index is 0.0196. The number of ether oxygens (including phenoxy) is 1. The molecule has 0 spiro atoms. The van der Waals surface area contributed by atoms with Gasteiger partial charge in [0, 0.05) is 38.4 Å². The molecule has 1 amide bonds. The zero-order valence-electron chi connectivity index (χ0n) is 23.1. The van der Waals surface area contributed by atoms with E-state index in [9.17, 15) is 13.2 Å². The maximum Gasteiger partial charge on any atom is 0.410 e. The number of amides is 1. The van der Waals surface area contributed by atoms with Crippen molar-refractivity contribution in [1.29, 1.82) is 0 Å². The molecule has 12 heteroatoms. The summed E-state index contributed by atoms with van der Waals surface area (Å²) >= 11 is 6.32. The lowest BCUT2D eigenvalue weighted by Gasteiger charge is -2.35. The van der Waals surface area contributed by atoms with Crippen LogP contribution in [0.4, 0.5) is 27.9 Å². The molecular formula is C28H35ClN6O4S. The standard InChI is InChI=1S/C28H35ClN6O4S/c1-5-40(37,38)24-9-7-6-8-23(24)32-25-22(29)18-30-26(33-25)31-21-12-10-20(11-13-21)19-34-14-16-35(17-15-34)27(36)39-28(2,3)4/h6-13,18H,5,14-17,19H2,1-4H3,(H2,30,31,32,33). The fourth-order valence-corrected chi connectivity index (χ4v) is 5.32. The van der Waals surface area contributed by atoms with Gasteiger partial charge in [0.25, 0.3) is 0 Å². The van der Waals surface area contributed by atoms with Crippen molar-refractivity contribution in [1.82, 2.24) is 19.8 Å². The third-order valence-corrected chi connectivity index (χ3v) is 8.30. The van der Waals surface area contributed by atoms with Gasteiger partial charge in [0.15, 0.2) is 15.7 Å². The number of piperazine rings is 1. The third-order valence-electron chi connectivity index (χ3n) is 6.24. The van der Waals surface area contributed by atoms with Gasteiger partial charge in [0.2, 0.25) is 5.95 Å². The first-order valence-corrected chi connectivity index (χ1v) is 15.1. The van der Waals surface area contributed by atoms with E-state index in [2.05, 4.69) is 25.5 Å². The van der Waals surface area contributed by atoms with Crippen LogP contribution in [0.2, 0.25) is 5.02 Å². The Kier molecular flexibility index (Phi) is 9.17. The fraction of sp³-hybridized carbons (Fsp3) is 0.393. The van der Waals surface area contributed by atoms with Crippen LogP contribution >= 0.6 is 11.6 Å². The van der Waals surface area contributed by atoms with Gasteiger partial charge in [-0.2, -0.15) is 4.98 Å². The summed E-state index contributed by atoms with van der Waals surface area (Å²) in [5, 5.41) is 6.47. The summed E-state index contributed by atoms with van der Waals surface area (Å²) in [6, 6.07) is 14.6. The number of halogens is 1. The quantitative estimate of drug-likeness (QED) is 0.354. The number of nitrogens with one attached hydrogen (secondary N) is 2. The maximum atomic E-state index is 12.5. The van der Waals surface area contributed by atoms with Crippen molar-refractivity contribution in [2.75, 3.05) is 42.6 Å². The maximum absolute atomic E-state index is 12.5. The molecule has 4 rings (SSSR count). The Morgan fingerprint density at radius 3 is 2.35 bits per heavy atom. The fourth-order valence-electron chi connectivity index (χ4n) is 4.14. The molecule has 2 heterocycles. The molecule has 1 saturated heterocycles. The van der Waals surface area contributed by atoms with Crippen LogP contribution in [0.25, 0.3) is 0 Å². The molecule has 0 saturated carbocycles. The molecule has 1 aliphatic heterocycles. The van der Waals surface area contributed by atoms with Crippen molar-refractivity contribution in [2.45, 2.75) is 44.7 Å². The number of carbonyl (C=O) groups excluding carboxylic acids is 1. The second-order valence-electron chi connectivity index (χ2n) is 10.5. The molecule has 3 aromatic rings. The van der Waals surface area contributed by atoms with E-state index in [1.807, 2.05) is 45.0 Å². The minimum atomic E-state index is -3.44. The summed E-state index contributed by atoms with van der Waals surface area (Å²) in [4.78, 5) is 25.3. The highest BCUT2D eigenvalue weighted by molar-refractivity contribution is 7.91. The van der Waals surface area contributed by atoms with Gasteiger partial charge >= 0.3 is 6.09 Å². The van der Waals surface area contributed by atoms with Gasteiger partial charge in [-0.05, 0) is 50.6 Å². The highest BCUT2D eigenvalue weighted by Gasteiger charge is 2.26. The summed E-state index contributed by atoms with van der Waals surface area (Å²) in [6.07, 6.45) is 1.20. The number of para-hydroxylation sites is 1. The smallest absolute Gasteiger partial charge is 0.410 e. The van der Waals surface area contributed by atoms with Gasteiger partial charge < -0.3 is 20.3 Å². The summed E-state index contributed by atoms with van der Waals surface area (Å²) < 4.78 is 30.5. The summed E-state index contributed by atoms with van der Waals surface area (Å²) in [7, 11) is -3.44. The highest BCUT2D eigenvalue weighted by atomic mass is 35.5. The van der Waals surface area contributed by atoms with E-state index in [1.165, 1.54) is 6.20 Å². The van der Waals surface area contributed by atoms with E-state index in [4.69, 9.17) is 16.3 Å². The first-order chi connectivity index (χ1) is 18.9. The van der Waals surface area contributed by atoms with Crippen LogP contribution in [0, 0.1) is 0 Å². The van der Waals surface area contributed by atoms with Crippen LogP contribution < -0.4 is 10.6 Å². The van der Waals surface area contributed by atoms with E-state index in [0.717, 1.165) is 30.9 Å². The minimum Gasteiger partial charge on any atom is -0.444 e. The van der Waals surface area contributed by atoms with Gasteiger partial charge in [0.1, 0.15) is 10.6 Å². The zero-order valence-corrected chi connectivity index (χ0v) is 24.7. The molecule has 0 atom stereocenters. The predicted molar refractivity (Wildman–Crippen MR) is 157 cm³/mol. The van der Waals surface area contributed by atoms with Crippen molar-refractivity contribution < 1.29 is 17.9 Å². The number of anilines is 4. The van der Waals surface area contributed by atoms with E-state index in [0.29, 0.717) is 30.5 Å². The number of carbonyl (C=O) groups is 1. The Hall–Kier alpha value is -3.41. The average Bonchev–Trinajstić information content (AvgIpc) is 2.91. The lowest BCUT2D eigenvalue weighted by Crippen LogP contribution is -2.49. The van der Waals surface area contributed by atoms with Crippen LogP contribution in [0.15, 0.2) is 59.6 Å². The monoisotopic (exact) mass is 586 g/mol. The van der Waals surface area contributed by atoms with Gasteiger partial charge in [0.05, 0.1) is 22.5 Å². The van der Waals surface area contributed by atoms with Crippen molar-refractivity contribution >= 4 is 50.7 Å². The molecule has 1 fully saturated rings. The Morgan fingerprint density at radius 1 is 1.02 bits per heavy atom. The van der Waals surface area contributed by atoms with Crippen LogP contribution in [-0.2, 0) is 21.1 Å². The molecule has 2 N–H and O–H groups in total. The lowest BCUT2D eigenvalue weighted by molar-refractivity contribution is 0.0139. The molecule has 1 aliphatic rings. The Morgan fingerprint density at radius 2 is 1.70 bits per heavy atom. The summed E-state index contributed by atoms with van der Waals surface area (Å²) in [5.74, 6) is 0.586.